The quantitative estimate of drug-likeness (QED) is 0.279. The van der Waals surface area contributed by atoms with Crippen molar-refractivity contribution in [2.75, 3.05) is 26.1 Å². The Morgan fingerprint density at radius 2 is 1.82 bits per heavy atom. The fraction of sp³-hybridized carbons (Fsp3) is 0.483. The number of nitrogens with zero attached hydrogens (tertiary/aromatic N) is 1. The number of halogens is 1. The van der Waals surface area contributed by atoms with Crippen molar-refractivity contribution in [2.24, 2.45) is 17.6 Å². The van der Waals surface area contributed by atoms with Crippen LogP contribution >= 0.6 is 11.3 Å². The van der Waals surface area contributed by atoms with Gasteiger partial charge in [0, 0.05) is 13.7 Å². The Bertz CT molecular complexity index is 1170. The monoisotopic (exact) mass is 547 g/mol. The number of ether oxygens (including phenoxy) is 2. The Balaban J connectivity index is 0.000000470. The van der Waals surface area contributed by atoms with Gasteiger partial charge in [-0.1, -0.05) is 47.5 Å². The third kappa shape index (κ3) is 9.68. The van der Waals surface area contributed by atoms with Gasteiger partial charge in [-0.3, -0.25) is 9.59 Å². The molecule has 0 spiro atoms. The van der Waals surface area contributed by atoms with Gasteiger partial charge >= 0.3 is 0 Å². The number of hydrogen-bond acceptors (Lipinski definition) is 6. The molecule has 38 heavy (non-hydrogen) atoms. The Hall–Kier alpha value is -3.04. The number of methoxy groups -OCH3 is 2. The maximum atomic E-state index is 13.5. The molecule has 2 atom stereocenters. The minimum atomic E-state index is -0.769. The number of primary amides is 1. The van der Waals surface area contributed by atoms with Crippen LogP contribution in [0, 0.1) is 24.6 Å². The van der Waals surface area contributed by atoms with Gasteiger partial charge < -0.3 is 20.5 Å². The smallest absolute Gasteiger partial charge is 0.260 e. The molecule has 0 aliphatic rings. The lowest BCUT2D eigenvalue weighted by atomic mass is 9.94. The maximum absolute atomic E-state index is 13.5. The number of carbonyl (C=O) groups excluding carboxylic acids is 2. The molecule has 210 valence electrons. The highest BCUT2D eigenvalue weighted by atomic mass is 32.1. The number of nitrogens with one attached hydrogen (secondary N) is 1. The summed E-state index contributed by atoms with van der Waals surface area (Å²) < 4.78 is 24.5. The molecule has 2 aromatic carbocycles. The highest BCUT2D eigenvalue weighted by Gasteiger charge is 2.21. The summed E-state index contributed by atoms with van der Waals surface area (Å²) in [6.07, 6.45) is 3.97. The molecule has 0 bridgehead atoms. The van der Waals surface area contributed by atoms with Crippen molar-refractivity contribution < 1.29 is 23.5 Å². The van der Waals surface area contributed by atoms with Crippen molar-refractivity contribution >= 4 is 39.1 Å². The second kappa shape index (κ2) is 16.7. The maximum Gasteiger partial charge on any atom is 0.260 e. The zero-order valence-electron chi connectivity index (χ0n) is 23.8. The van der Waals surface area contributed by atoms with E-state index in [1.807, 2.05) is 20.8 Å². The van der Waals surface area contributed by atoms with E-state index in [1.54, 1.807) is 19.2 Å². The molecule has 0 saturated heterocycles. The first kappa shape index (κ1) is 33.0. The van der Waals surface area contributed by atoms with Gasteiger partial charge in [-0.2, -0.15) is 0 Å². The highest BCUT2D eigenvalue weighted by Crippen LogP contribution is 2.33. The van der Waals surface area contributed by atoms with Crippen molar-refractivity contribution in [3.8, 4) is 5.75 Å². The van der Waals surface area contributed by atoms with E-state index in [2.05, 4.69) is 31.1 Å². The summed E-state index contributed by atoms with van der Waals surface area (Å²) in [6, 6.07) is 6.76. The van der Waals surface area contributed by atoms with Crippen molar-refractivity contribution in [2.45, 2.75) is 60.8 Å². The van der Waals surface area contributed by atoms with Gasteiger partial charge in [0.25, 0.3) is 11.8 Å². The van der Waals surface area contributed by atoms with Crippen LogP contribution in [0.2, 0.25) is 0 Å². The highest BCUT2D eigenvalue weighted by molar-refractivity contribution is 7.19. The van der Waals surface area contributed by atoms with E-state index in [-0.39, 0.29) is 16.8 Å². The van der Waals surface area contributed by atoms with Crippen LogP contribution in [0.15, 0.2) is 30.3 Å². The number of aryl methyl sites for hydroxylation is 1. The molecule has 0 fully saturated rings. The summed E-state index contributed by atoms with van der Waals surface area (Å²) >= 11 is 1.34. The summed E-state index contributed by atoms with van der Waals surface area (Å²) in [4.78, 5) is 28.7. The van der Waals surface area contributed by atoms with Gasteiger partial charge in [0.15, 0.2) is 0 Å². The second-order valence-electron chi connectivity index (χ2n) is 8.92. The van der Waals surface area contributed by atoms with Gasteiger partial charge in [-0.25, -0.2) is 9.37 Å². The lowest BCUT2D eigenvalue weighted by Crippen LogP contribution is -2.19. The van der Waals surface area contributed by atoms with E-state index >= 15 is 0 Å². The number of hydrogen-bond donors (Lipinski definition) is 2. The van der Waals surface area contributed by atoms with E-state index in [0.29, 0.717) is 16.0 Å². The van der Waals surface area contributed by atoms with Gasteiger partial charge in [-0.15, -0.1) is 11.3 Å². The fourth-order valence-corrected chi connectivity index (χ4v) is 5.09. The second-order valence-corrected chi connectivity index (χ2v) is 10.1. The topological polar surface area (TPSA) is 104 Å². The van der Waals surface area contributed by atoms with Crippen LogP contribution in [0.25, 0.3) is 10.2 Å². The summed E-state index contributed by atoms with van der Waals surface area (Å²) in [7, 11) is 3.23. The fourth-order valence-electron chi connectivity index (χ4n) is 4.14. The minimum Gasteiger partial charge on any atom is -0.496 e. The summed E-state index contributed by atoms with van der Waals surface area (Å²) in [5, 5.41) is 3.34. The van der Waals surface area contributed by atoms with Crippen LogP contribution in [-0.4, -0.2) is 37.6 Å². The molecule has 0 saturated carbocycles. The third-order valence-corrected chi connectivity index (χ3v) is 6.61. The Labute approximate surface area is 229 Å². The number of thiazole rings is 1. The molecule has 2 unspecified atom stereocenters. The predicted molar refractivity (Wildman–Crippen MR) is 155 cm³/mol. The normalized spacial score (nSPS) is 11.9. The summed E-state index contributed by atoms with van der Waals surface area (Å²) in [6.45, 7) is 13.6. The Kier molecular flexibility index (Phi) is 14.5. The zero-order valence-corrected chi connectivity index (χ0v) is 24.6. The number of carbonyl (C=O) groups is 2. The van der Waals surface area contributed by atoms with Crippen LogP contribution in [0.4, 0.5) is 10.1 Å². The number of amides is 2. The zero-order chi connectivity index (χ0) is 28.8. The predicted octanol–water partition coefficient (Wildman–Crippen LogP) is 7.23. The molecule has 0 aliphatic carbocycles. The van der Waals surface area contributed by atoms with Crippen LogP contribution in [0.1, 0.15) is 79.6 Å². The molecule has 3 N–H and O–H groups in total. The van der Waals surface area contributed by atoms with E-state index in [1.165, 1.54) is 43.8 Å². The van der Waals surface area contributed by atoms with Crippen molar-refractivity contribution in [3.63, 3.8) is 0 Å². The summed E-state index contributed by atoms with van der Waals surface area (Å²) in [5.74, 6) is 0.0322. The molecular weight excluding hydrogens is 505 g/mol. The van der Waals surface area contributed by atoms with Crippen molar-refractivity contribution in [3.05, 3.63) is 52.3 Å². The van der Waals surface area contributed by atoms with E-state index in [4.69, 9.17) is 15.2 Å². The first-order chi connectivity index (χ1) is 18.1. The number of fused-ring (bicyclic) bond motifs is 1. The average molecular weight is 548 g/mol. The first-order valence-electron chi connectivity index (χ1n) is 12.9. The van der Waals surface area contributed by atoms with Gasteiger partial charge in [0.05, 0.1) is 33.6 Å². The number of rotatable bonds is 10. The van der Waals surface area contributed by atoms with Crippen molar-refractivity contribution in [1.82, 2.24) is 4.98 Å². The lowest BCUT2D eigenvalue weighted by Gasteiger charge is -2.15. The standard InChI is InChI=1S/C17H14FN3O3S.C10H22O.C2H6/c1-8-20-11-5-6-13(24-2)14(15(11)25-8)17(23)21-12-7-9(18)3-4-10(12)16(19)22;1-5-6-9(2)7-10(3)8-11-4;1-2/h3-7H,1-2H3,(H2,19,22)(H,21,23);9-10H,5-8H2,1-4H3;1-2H3. The minimum absolute atomic E-state index is 0.00204. The molecule has 3 rings (SSSR count). The van der Waals surface area contributed by atoms with Gasteiger partial charge in [0.2, 0.25) is 0 Å². The van der Waals surface area contributed by atoms with Crippen molar-refractivity contribution in [1.29, 1.82) is 0 Å². The Morgan fingerprint density at radius 1 is 1.13 bits per heavy atom. The molecule has 0 radical (unpaired) electrons. The van der Waals surface area contributed by atoms with Crippen LogP contribution in [0.3, 0.4) is 0 Å². The van der Waals surface area contributed by atoms with Crippen LogP contribution in [0.5, 0.6) is 5.75 Å². The van der Waals surface area contributed by atoms with Crippen LogP contribution < -0.4 is 15.8 Å². The molecule has 7 nitrogen and oxygen atoms in total. The molecule has 9 heteroatoms. The molecular formula is C29H42FN3O4S. The number of aromatic nitrogens is 1. The summed E-state index contributed by atoms with van der Waals surface area (Å²) in [5.41, 5.74) is 6.22. The number of anilines is 1. The third-order valence-electron chi connectivity index (χ3n) is 5.61. The molecule has 0 aliphatic heterocycles. The van der Waals surface area contributed by atoms with E-state index < -0.39 is 17.6 Å². The van der Waals surface area contributed by atoms with Gasteiger partial charge in [-0.05, 0) is 55.5 Å². The number of nitrogens with two attached hydrogens (primary N) is 1. The lowest BCUT2D eigenvalue weighted by molar-refractivity contribution is 0.100. The molecule has 1 aromatic heterocycles. The van der Waals surface area contributed by atoms with E-state index in [9.17, 15) is 14.0 Å². The Morgan fingerprint density at radius 3 is 2.39 bits per heavy atom. The van der Waals surface area contributed by atoms with E-state index in [0.717, 1.165) is 35.6 Å². The molecule has 3 aromatic rings. The van der Waals surface area contributed by atoms with Crippen LogP contribution in [-0.2, 0) is 4.74 Å². The molecule has 1 heterocycles. The SMILES string of the molecule is CC.CCCC(C)CC(C)COC.COc1ccc2nc(C)sc2c1C(=O)Nc1cc(F)ccc1C(N)=O. The first-order valence-corrected chi connectivity index (χ1v) is 13.8. The molecule has 2 amide bonds. The van der Waals surface area contributed by atoms with Gasteiger partial charge in [0.1, 0.15) is 17.1 Å². The largest absolute Gasteiger partial charge is 0.496 e. The number of benzene rings is 2. The average Bonchev–Trinajstić information content (AvgIpc) is 3.25.